The molecule has 1 aliphatic heterocycles. The summed E-state index contributed by atoms with van der Waals surface area (Å²) in [5.74, 6) is -7.18. The van der Waals surface area contributed by atoms with Crippen LogP contribution in [0.3, 0.4) is 0 Å². The number of aliphatic hydroxyl groups excluding tert-OH is 2. The van der Waals surface area contributed by atoms with Crippen molar-refractivity contribution in [1.29, 1.82) is 0 Å². The molecule has 0 radical (unpaired) electrons. The van der Waals surface area contributed by atoms with Gasteiger partial charge in [-0.05, 0) is 13.8 Å². The Bertz CT molecular complexity index is 496. The number of hydrogen-bond donors (Lipinski definition) is 5. The first kappa shape index (κ1) is 18.6. The van der Waals surface area contributed by atoms with Gasteiger partial charge >= 0.3 is 0 Å². The first-order chi connectivity index (χ1) is 9.87. The van der Waals surface area contributed by atoms with Gasteiger partial charge in [-0.25, -0.2) is 4.39 Å². The van der Waals surface area contributed by atoms with Crippen molar-refractivity contribution in [3.05, 3.63) is 0 Å². The first-order valence-electron chi connectivity index (χ1n) is 6.31. The van der Waals surface area contributed by atoms with Crippen LogP contribution in [0, 0.1) is 0 Å². The van der Waals surface area contributed by atoms with E-state index in [1.807, 2.05) is 5.32 Å². The van der Waals surface area contributed by atoms with E-state index in [1.165, 1.54) is 0 Å². The van der Waals surface area contributed by atoms with Gasteiger partial charge < -0.3 is 30.5 Å². The summed E-state index contributed by atoms with van der Waals surface area (Å²) in [5, 5.41) is 41.5. The zero-order valence-corrected chi connectivity index (χ0v) is 12.1. The molecule has 6 atom stereocenters. The third-order valence-electron chi connectivity index (χ3n) is 3.53. The molecule has 9 nitrogen and oxygen atoms in total. The van der Waals surface area contributed by atoms with Crippen LogP contribution in [0.5, 0.6) is 0 Å². The smallest absolute Gasteiger partial charge is 0.274 e. The number of ether oxygens (including phenoxy) is 1. The first-order valence-corrected chi connectivity index (χ1v) is 6.31. The van der Waals surface area contributed by atoms with Crippen molar-refractivity contribution >= 4 is 17.5 Å². The molecule has 126 valence electrons. The van der Waals surface area contributed by atoms with E-state index in [2.05, 4.69) is 4.74 Å². The van der Waals surface area contributed by atoms with Crippen LogP contribution in [0.15, 0.2) is 0 Å². The van der Waals surface area contributed by atoms with Crippen molar-refractivity contribution < 1.29 is 43.9 Å². The minimum atomic E-state index is -3.95. The fourth-order valence-corrected chi connectivity index (χ4v) is 2.32. The number of amides is 1. The van der Waals surface area contributed by atoms with Gasteiger partial charge in [0, 0.05) is 6.92 Å². The van der Waals surface area contributed by atoms with E-state index < -0.39 is 53.5 Å². The van der Waals surface area contributed by atoms with Crippen LogP contribution >= 0.6 is 0 Å². The van der Waals surface area contributed by atoms with Crippen molar-refractivity contribution in [1.82, 2.24) is 5.32 Å². The van der Waals surface area contributed by atoms with Crippen molar-refractivity contribution in [2.24, 2.45) is 0 Å². The van der Waals surface area contributed by atoms with Gasteiger partial charge in [-0.1, -0.05) is 0 Å². The Morgan fingerprint density at radius 1 is 1.23 bits per heavy atom. The Morgan fingerprint density at radius 3 is 2.09 bits per heavy atom. The number of Topliss-reactive ketones (excluding diaryl/α,β-unsaturated/α-hetero) is 2. The minimum absolute atomic E-state index is 0.703. The second kappa shape index (κ2) is 5.97. The number of alkyl halides is 1. The number of hydrogen-bond acceptors (Lipinski definition) is 8. The second-order valence-corrected chi connectivity index (χ2v) is 5.18. The predicted octanol–water partition coefficient (Wildman–Crippen LogP) is -2.86. The molecule has 10 heteroatoms. The third-order valence-corrected chi connectivity index (χ3v) is 3.53. The van der Waals surface area contributed by atoms with Crippen LogP contribution in [-0.4, -0.2) is 73.9 Å². The van der Waals surface area contributed by atoms with E-state index in [0.717, 1.165) is 13.8 Å². The summed E-state index contributed by atoms with van der Waals surface area (Å²) in [6, 6.07) is -2.05. The van der Waals surface area contributed by atoms with E-state index >= 15 is 0 Å². The van der Waals surface area contributed by atoms with Gasteiger partial charge in [0.25, 0.3) is 5.85 Å². The van der Waals surface area contributed by atoms with Crippen LogP contribution in [-0.2, 0) is 19.1 Å². The highest BCUT2D eigenvalue weighted by Gasteiger charge is 2.70. The second-order valence-electron chi connectivity index (χ2n) is 5.18. The zero-order chi connectivity index (χ0) is 17.5. The Hall–Kier alpha value is -1.46. The highest BCUT2D eigenvalue weighted by atomic mass is 19.2. The van der Waals surface area contributed by atoms with Crippen LogP contribution in [0.4, 0.5) is 4.39 Å². The fourth-order valence-electron chi connectivity index (χ4n) is 2.32. The standard InChI is InChI=1S/C12H18FNO8/c1-4(15)7(18)9-12(13,21)11(20,5(2)16)8(10(19)22-9)14-6(3)17/h7-10,18-21H,1-3H3,(H,14,17)/t7?,8-,9+,10-,11+,12-/m0/s1. The van der Waals surface area contributed by atoms with E-state index in [0.29, 0.717) is 6.92 Å². The summed E-state index contributed by atoms with van der Waals surface area (Å²) >= 11 is 0. The van der Waals surface area contributed by atoms with E-state index in [4.69, 9.17) is 0 Å². The van der Waals surface area contributed by atoms with Crippen molar-refractivity contribution in [2.45, 2.75) is 56.8 Å². The van der Waals surface area contributed by atoms with Gasteiger partial charge in [-0.15, -0.1) is 0 Å². The maximum absolute atomic E-state index is 14.7. The molecule has 0 aromatic rings. The summed E-state index contributed by atoms with van der Waals surface area (Å²) < 4.78 is 19.3. The summed E-state index contributed by atoms with van der Waals surface area (Å²) in [6.07, 6.45) is -6.85. The molecule has 5 N–H and O–H groups in total. The summed E-state index contributed by atoms with van der Waals surface area (Å²) in [5.41, 5.74) is -3.34. The molecular formula is C12H18FNO8. The molecule has 0 aromatic heterocycles. The molecule has 22 heavy (non-hydrogen) atoms. The molecule has 1 heterocycles. The maximum Gasteiger partial charge on any atom is 0.274 e. The number of carbonyl (C=O) groups excluding carboxylic acids is 3. The lowest BCUT2D eigenvalue weighted by molar-refractivity contribution is -0.363. The van der Waals surface area contributed by atoms with Gasteiger partial charge in [0.2, 0.25) is 11.5 Å². The SMILES string of the molecule is CC(=O)N[C@H]1[C@@H](O)O[C@H](C(O)C(C)=O)[C@@](O)(F)[C@@]1(O)C(C)=O. The van der Waals surface area contributed by atoms with Gasteiger partial charge in [0.15, 0.2) is 24.0 Å². The maximum atomic E-state index is 14.7. The summed E-state index contributed by atoms with van der Waals surface area (Å²) in [7, 11) is 0. The quantitative estimate of drug-likeness (QED) is 0.370. The predicted molar refractivity (Wildman–Crippen MR) is 66.9 cm³/mol. The van der Waals surface area contributed by atoms with Gasteiger partial charge in [-0.3, -0.25) is 14.4 Å². The van der Waals surface area contributed by atoms with Gasteiger partial charge in [-0.2, -0.15) is 0 Å². The number of carbonyl (C=O) groups is 3. The number of ketones is 2. The Kier molecular flexibility index (Phi) is 5.04. The molecule has 1 aliphatic rings. The lowest BCUT2D eigenvalue weighted by Crippen LogP contribution is -2.80. The van der Waals surface area contributed by atoms with Crippen molar-refractivity contribution in [3.8, 4) is 0 Å². The van der Waals surface area contributed by atoms with Gasteiger partial charge in [0.05, 0.1) is 0 Å². The minimum Gasteiger partial charge on any atom is -0.382 e. The monoisotopic (exact) mass is 323 g/mol. The number of rotatable bonds is 4. The largest absolute Gasteiger partial charge is 0.382 e. The van der Waals surface area contributed by atoms with E-state index in [9.17, 15) is 39.2 Å². The van der Waals surface area contributed by atoms with Gasteiger partial charge in [0.1, 0.15) is 12.1 Å². The Balaban J connectivity index is 3.40. The summed E-state index contributed by atoms with van der Waals surface area (Å²) in [6.45, 7) is 2.51. The average molecular weight is 323 g/mol. The van der Waals surface area contributed by atoms with Crippen LogP contribution in [0.1, 0.15) is 20.8 Å². The average Bonchev–Trinajstić information content (AvgIpc) is 2.37. The van der Waals surface area contributed by atoms with Crippen LogP contribution in [0.25, 0.3) is 0 Å². The topological polar surface area (TPSA) is 153 Å². The molecule has 0 spiro atoms. The molecule has 0 saturated carbocycles. The molecule has 1 rings (SSSR count). The number of aliphatic hydroxyl groups is 4. The Labute approximate surface area is 124 Å². The normalized spacial score (nSPS) is 39.9. The number of nitrogens with one attached hydrogen (secondary N) is 1. The lowest BCUT2D eigenvalue weighted by atomic mass is 9.75. The molecule has 1 saturated heterocycles. The molecule has 1 unspecified atom stereocenters. The number of halogens is 1. The van der Waals surface area contributed by atoms with Crippen molar-refractivity contribution in [2.75, 3.05) is 0 Å². The molecule has 1 fully saturated rings. The Morgan fingerprint density at radius 2 is 1.73 bits per heavy atom. The molecule has 0 aromatic carbocycles. The third kappa shape index (κ3) is 2.75. The highest BCUT2D eigenvalue weighted by Crippen LogP contribution is 2.41. The zero-order valence-electron chi connectivity index (χ0n) is 12.1. The van der Waals surface area contributed by atoms with E-state index in [-0.39, 0.29) is 0 Å². The molecule has 1 amide bonds. The molecule has 0 bridgehead atoms. The van der Waals surface area contributed by atoms with Crippen molar-refractivity contribution in [3.63, 3.8) is 0 Å². The fraction of sp³-hybridized carbons (Fsp3) is 0.750. The van der Waals surface area contributed by atoms with E-state index in [1.54, 1.807) is 0 Å². The lowest BCUT2D eigenvalue weighted by Gasteiger charge is -2.51. The molecule has 0 aliphatic carbocycles. The summed E-state index contributed by atoms with van der Waals surface area (Å²) in [4.78, 5) is 33.9. The molecular weight excluding hydrogens is 305 g/mol. The highest BCUT2D eigenvalue weighted by molar-refractivity contribution is 5.89. The van der Waals surface area contributed by atoms with Crippen LogP contribution < -0.4 is 5.32 Å². The van der Waals surface area contributed by atoms with Crippen LogP contribution in [0.2, 0.25) is 0 Å².